The van der Waals surface area contributed by atoms with Crippen LogP contribution in [0.3, 0.4) is 0 Å². The molecule has 0 aliphatic rings. The predicted molar refractivity (Wildman–Crippen MR) is 156 cm³/mol. The highest BCUT2D eigenvalue weighted by molar-refractivity contribution is 5.25. The minimum atomic E-state index is -0.720. The second kappa shape index (κ2) is 30.9. The fraction of sp³-hybridized carbons (Fsp3) is 0.706. The van der Waals surface area contributed by atoms with Crippen LogP contribution in [0.2, 0.25) is 0 Å². The average molecular weight is 493 g/mol. The number of hydrogen-bond acceptors (Lipinski definition) is 2. The molecule has 0 aromatic carbocycles. The highest BCUT2D eigenvalue weighted by Gasteiger charge is 1.94. The molecule has 0 bridgehead atoms. The molecule has 0 aliphatic carbocycles. The van der Waals surface area contributed by atoms with Gasteiger partial charge in [0.05, 0.1) is 0 Å². The third-order valence-electron chi connectivity index (χ3n) is 6.21. The molecule has 0 radical (unpaired) electrons. The highest BCUT2D eigenvalue weighted by atomic mass is 16.3. The van der Waals surface area contributed by atoms with Crippen molar-refractivity contribution in [3.8, 4) is 47.9 Å². The summed E-state index contributed by atoms with van der Waals surface area (Å²) in [5.41, 5.74) is 0. The fourth-order valence-corrected chi connectivity index (χ4v) is 4.03. The van der Waals surface area contributed by atoms with Crippen molar-refractivity contribution in [2.45, 2.75) is 147 Å². The Labute approximate surface area is 224 Å². The molecule has 36 heavy (non-hydrogen) atoms. The van der Waals surface area contributed by atoms with Crippen molar-refractivity contribution in [1.82, 2.24) is 0 Å². The summed E-state index contributed by atoms with van der Waals surface area (Å²) in [6.45, 7) is -0.104. The Morgan fingerprint density at radius 1 is 0.528 bits per heavy atom. The van der Waals surface area contributed by atoms with Gasteiger partial charge in [-0.2, -0.15) is 0 Å². The molecular weight excluding hydrogens is 440 g/mol. The molecule has 0 spiro atoms. The summed E-state index contributed by atoms with van der Waals surface area (Å²) in [5.74, 6) is 20.0. The van der Waals surface area contributed by atoms with Crippen molar-refractivity contribution in [3.63, 3.8) is 0 Å². The van der Waals surface area contributed by atoms with Gasteiger partial charge in [0, 0.05) is 19.3 Å². The van der Waals surface area contributed by atoms with Gasteiger partial charge >= 0.3 is 0 Å². The molecule has 0 rings (SSSR count). The molecular formula is C34H52O2. The molecule has 0 fully saturated rings. The number of hydrogen-bond donors (Lipinski definition) is 2. The molecule has 2 heteroatoms. The number of allylic oxidation sites excluding steroid dienone is 1. The summed E-state index contributed by atoms with van der Waals surface area (Å²) >= 11 is 0. The maximum atomic E-state index is 9.23. The predicted octanol–water partition coefficient (Wildman–Crippen LogP) is 8.12. The van der Waals surface area contributed by atoms with Gasteiger partial charge in [0.25, 0.3) is 0 Å². The first kappa shape index (κ1) is 33.9. The summed E-state index contributed by atoms with van der Waals surface area (Å²) in [5, 5.41) is 17.7. The van der Waals surface area contributed by atoms with Gasteiger partial charge in [-0.1, -0.05) is 114 Å². The first-order chi connectivity index (χ1) is 17.8. The zero-order chi connectivity index (χ0) is 26.2. The van der Waals surface area contributed by atoms with Crippen molar-refractivity contribution in [2.24, 2.45) is 0 Å². The minimum Gasteiger partial charge on any atom is -0.384 e. The number of unbranched alkanes of at least 4 members (excludes halogenated alkanes) is 20. The van der Waals surface area contributed by atoms with E-state index in [1.807, 2.05) is 6.08 Å². The average Bonchev–Trinajstić information content (AvgIpc) is 2.89. The Bertz CT molecular complexity index is 723. The first-order valence-electron chi connectivity index (χ1n) is 14.6. The van der Waals surface area contributed by atoms with E-state index in [4.69, 9.17) is 11.5 Å². The van der Waals surface area contributed by atoms with Crippen LogP contribution in [0.15, 0.2) is 12.2 Å². The summed E-state index contributed by atoms with van der Waals surface area (Å²) < 4.78 is 0. The van der Waals surface area contributed by atoms with Crippen LogP contribution in [-0.2, 0) is 0 Å². The van der Waals surface area contributed by atoms with Crippen LogP contribution in [0.25, 0.3) is 0 Å². The van der Waals surface area contributed by atoms with Crippen molar-refractivity contribution < 1.29 is 10.2 Å². The second-order valence-corrected chi connectivity index (χ2v) is 9.56. The zero-order valence-electron chi connectivity index (χ0n) is 23.0. The number of aliphatic hydroxyl groups is 2. The lowest BCUT2D eigenvalue weighted by molar-refractivity contribution is 0.280. The number of rotatable bonds is 22. The molecule has 0 saturated carbocycles. The van der Waals surface area contributed by atoms with Gasteiger partial charge < -0.3 is 10.2 Å². The zero-order valence-corrected chi connectivity index (χ0v) is 23.0. The van der Waals surface area contributed by atoms with Gasteiger partial charge in [0.2, 0.25) is 0 Å². The van der Waals surface area contributed by atoms with Crippen LogP contribution in [0.1, 0.15) is 141 Å². The van der Waals surface area contributed by atoms with E-state index in [2.05, 4.69) is 41.4 Å². The molecule has 0 aromatic rings. The van der Waals surface area contributed by atoms with Gasteiger partial charge in [-0.05, 0) is 50.0 Å². The maximum Gasteiger partial charge on any atom is 0.133 e. The van der Waals surface area contributed by atoms with Gasteiger partial charge in [0.1, 0.15) is 12.7 Å². The van der Waals surface area contributed by atoms with Gasteiger partial charge in [-0.15, -0.1) is 18.3 Å². The molecule has 0 amide bonds. The minimum absolute atomic E-state index is 0.104. The van der Waals surface area contributed by atoms with Crippen LogP contribution in [0, 0.1) is 47.9 Å². The van der Waals surface area contributed by atoms with Crippen LogP contribution in [0.4, 0.5) is 0 Å². The summed E-state index contributed by atoms with van der Waals surface area (Å²) in [4.78, 5) is 0. The number of terminal acetylenes is 1. The molecule has 0 aromatic heterocycles. The Balaban J connectivity index is 3.21. The maximum absolute atomic E-state index is 9.23. The fourth-order valence-electron chi connectivity index (χ4n) is 4.03. The smallest absolute Gasteiger partial charge is 0.133 e. The normalized spacial score (nSPS) is 11.0. The summed E-state index contributed by atoms with van der Waals surface area (Å²) in [7, 11) is 0. The Morgan fingerprint density at radius 3 is 1.36 bits per heavy atom. The molecule has 0 saturated heterocycles. The quantitative estimate of drug-likeness (QED) is 0.0910. The third-order valence-corrected chi connectivity index (χ3v) is 6.21. The van der Waals surface area contributed by atoms with E-state index < -0.39 is 6.10 Å². The van der Waals surface area contributed by atoms with Gasteiger partial charge in [-0.3, -0.25) is 0 Å². The monoisotopic (exact) mass is 492 g/mol. The lowest BCUT2D eigenvalue weighted by Crippen LogP contribution is -1.95. The number of aliphatic hydroxyl groups excluding tert-OH is 2. The van der Waals surface area contributed by atoms with E-state index in [0.29, 0.717) is 0 Å². The molecule has 200 valence electrons. The van der Waals surface area contributed by atoms with E-state index in [1.54, 1.807) is 6.08 Å². The Kier molecular flexibility index (Phi) is 29.1. The molecule has 0 heterocycles. The molecule has 1 unspecified atom stereocenters. The van der Waals surface area contributed by atoms with Gasteiger partial charge in [-0.25, -0.2) is 0 Å². The van der Waals surface area contributed by atoms with Crippen molar-refractivity contribution >= 4 is 0 Å². The third kappa shape index (κ3) is 29.9. The lowest BCUT2D eigenvalue weighted by Gasteiger charge is -2.02. The van der Waals surface area contributed by atoms with Gasteiger partial charge in [0.15, 0.2) is 0 Å². The van der Waals surface area contributed by atoms with E-state index >= 15 is 0 Å². The summed E-state index contributed by atoms with van der Waals surface area (Å²) in [6.07, 6.45) is 35.7. The van der Waals surface area contributed by atoms with E-state index in [-0.39, 0.29) is 6.61 Å². The van der Waals surface area contributed by atoms with E-state index in [9.17, 15) is 5.11 Å². The van der Waals surface area contributed by atoms with Crippen LogP contribution in [0.5, 0.6) is 0 Å². The van der Waals surface area contributed by atoms with Crippen molar-refractivity contribution in [2.75, 3.05) is 6.61 Å². The van der Waals surface area contributed by atoms with E-state index in [1.165, 1.54) is 109 Å². The second-order valence-electron chi connectivity index (χ2n) is 9.56. The topological polar surface area (TPSA) is 40.5 Å². The summed E-state index contributed by atoms with van der Waals surface area (Å²) in [6, 6.07) is 0. The van der Waals surface area contributed by atoms with Crippen molar-refractivity contribution in [1.29, 1.82) is 0 Å². The standard InChI is InChI=1S/C34H52O2/c1-2-34(36)32-30-28-26-24-22-20-18-16-14-12-10-8-6-4-3-5-7-9-11-13-15-17-19-21-23-25-27-29-31-33-35/h1,30,32,34-36H,5-24,26,28,33H2/b32-30+. The first-order valence-corrected chi connectivity index (χ1v) is 14.6. The van der Waals surface area contributed by atoms with Crippen LogP contribution < -0.4 is 0 Å². The molecule has 2 N–H and O–H groups in total. The SMILES string of the molecule is C#CC(O)/C=C/CCCCCCCCCCCCC#CCCCCCCCCCCC#CC#CCO. The molecule has 2 nitrogen and oxygen atoms in total. The Hall–Kier alpha value is -2.10. The van der Waals surface area contributed by atoms with E-state index in [0.717, 1.165) is 32.1 Å². The largest absolute Gasteiger partial charge is 0.384 e. The van der Waals surface area contributed by atoms with Crippen LogP contribution in [-0.4, -0.2) is 22.9 Å². The highest BCUT2D eigenvalue weighted by Crippen LogP contribution is 2.13. The van der Waals surface area contributed by atoms with Crippen LogP contribution >= 0.6 is 0 Å². The lowest BCUT2D eigenvalue weighted by atomic mass is 10.0. The van der Waals surface area contributed by atoms with Crippen molar-refractivity contribution in [3.05, 3.63) is 12.2 Å². The Morgan fingerprint density at radius 2 is 0.917 bits per heavy atom. The molecule has 0 aliphatic heterocycles. The molecule has 1 atom stereocenters.